The first-order valence-electron chi connectivity index (χ1n) is 8.47. The summed E-state index contributed by atoms with van der Waals surface area (Å²) in [5.74, 6) is 0.747. The highest BCUT2D eigenvalue weighted by molar-refractivity contribution is 5.97. The summed E-state index contributed by atoms with van der Waals surface area (Å²) < 4.78 is 2.07. The van der Waals surface area contributed by atoms with Crippen LogP contribution in [0.2, 0.25) is 0 Å². The second kappa shape index (κ2) is 7.55. The molecule has 1 aromatic carbocycles. The van der Waals surface area contributed by atoms with Gasteiger partial charge >= 0.3 is 6.03 Å². The van der Waals surface area contributed by atoms with Crippen molar-refractivity contribution in [3.05, 3.63) is 29.6 Å². The van der Waals surface area contributed by atoms with Gasteiger partial charge in [0.1, 0.15) is 5.82 Å². The number of hydrogen-bond donors (Lipinski definition) is 1. The normalized spacial score (nSPS) is 11.0. The minimum atomic E-state index is -0.131. The molecule has 1 aromatic heterocycles. The molecule has 0 radical (unpaired) electrons. The summed E-state index contributed by atoms with van der Waals surface area (Å²) in [6, 6.07) is 5.49. The first kappa shape index (κ1) is 18.8. The van der Waals surface area contributed by atoms with Gasteiger partial charge in [-0.1, -0.05) is 0 Å². The molecule has 136 valence electrons. The van der Waals surface area contributed by atoms with Crippen LogP contribution in [0.25, 0.3) is 11.0 Å². The van der Waals surface area contributed by atoms with Crippen molar-refractivity contribution < 1.29 is 9.59 Å². The van der Waals surface area contributed by atoms with E-state index in [9.17, 15) is 9.59 Å². The molecule has 0 aliphatic rings. The van der Waals surface area contributed by atoms with Crippen LogP contribution in [0.15, 0.2) is 18.2 Å². The van der Waals surface area contributed by atoms with Gasteiger partial charge in [-0.25, -0.2) is 9.78 Å². The summed E-state index contributed by atoms with van der Waals surface area (Å²) in [6.07, 6.45) is 0. The number of hydrogen-bond acceptors (Lipinski definition) is 3. The zero-order chi connectivity index (χ0) is 18.7. The lowest BCUT2D eigenvalue weighted by molar-refractivity contribution is 0.0827. The van der Waals surface area contributed by atoms with Gasteiger partial charge in [0.05, 0.1) is 17.6 Å². The highest BCUT2D eigenvalue weighted by atomic mass is 16.2. The average Bonchev–Trinajstić information content (AvgIpc) is 2.89. The highest BCUT2D eigenvalue weighted by Crippen LogP contribution is 2.20. The van der Waals surface area contributed by atoms with Crippen molar-refractivity contribution in [3.8, 4) is 0 Å². The lowest BCUT2D eigenvalue weighted by Gasteiger charge is -2.19. The van der Waals surface area contributed by atoms with E-state index >= 15 is 0 Å². The van der Waals surface area contributed by atoms with E-state index < -0.39 is 0 Å². The van der Waals surface area contributed by atoms with E-state index in [4.69, 9.17) is 0 Å². The van der Waals surface area contributed by atoms with Gasteiger partial charge in [0, 0.05) is 39.3 Å². The Morgan fingerprint density at radius 1 is 1.24 bits per heavy atom. The van der Waals surface area contributed by atoms with E-state index in [1.54, 1.807) is 30.9 Å². The number of aromatic nitrogens is 2. The van der Waals surface area contributed by atoms with Crippen molar-refractivity contribution in [1.82, 2.24) is 24.7 Å². The molecule has 0 bridgehead atoms. The van der Waals surface area contributed by atoms with Gasteiger partial charge in [0.2, 0.25) is 0 Å². The molecular weight excluding hydrogens is 318 g/mol. The number of fused-ring (bicyclic) bond motifs is 1. The van der Waals surface area contributed by atoms with Gasteiger partial charge in [0.25, 0.3) is 5.91 Å². The second-order valence-corrected chi connectivity index (χ2v) is 6.64. The number of benzene rings is 1. The molecule has 2 rings (SSSR count). The molecule has 0 atom stereocenters. The summed E-state index contributed by atoms with van der Waals surface area (Å²) in [5, 5.41) is 2.87. The Hall–Kier alpha value is -2.57. The van der Waals surface area contributed by atoms with E-state index in [-0.39, 0.29) is 18.0 Å². The van der Waals surface area contributed by atoms with Gasteiger partial charge in [-0.3, -0.25) is 4.79 Å². The zero-order valence-electron chi connectivity index (χ0n) is 15.8. The fraction of sp³-hybridized carbons (Fsp3) is 0.500. The third-order valence-electron chi connectivity index (χ3n) is 3.93. The molecule has 1 N–H and O–H groups in total. The molecule has 0 saturated carbocycles. The maximum absolute atomic E-state index is 12.1. The number of nitrogens with one attached hydrogen (secondary N) is 1. The largest absolute Gasteiger partial charge is 0.345 e. The summed E-state index contributed by atoms with van der Waals surface area (Å²) >= 11 is 0. The number of amides is 3. The Morgan fingerprint density at radius 3 is 2.48 bits per heavy atom. The van der Waals surface area contributed by atoms with Crippen molar-refractivity contribution >= 4 is 23.0 Å². The molecule has 1 heterocycles. The molecule has 0 spiro atoms. The van der Waals surface area contributed by atoms with Crippen molar-refractivity contribution in [2.24, 2.45) is 0 Å². The number of aryl methyl sites for hydroxylation is 1. The Bertz CT molecular complexity index is 779. The molecule has 0 saturated heterocycles. The minimum Gasteiger partial charge on any atom is -0.345 e. The molecule has 0 unspecified atom stereocenters. The van der Waals surface area contributed by atoms with Crippen LogP contribution in [0, 0.1) is 0 Å². The third-order valence-corrected chi connectivity index (χ3v) is 3.93. The predicted octanol–water partition coefficient (Wildman–Crippen LogP) is 2.31. The molecule has 3 amide bonds. The van der Waals surface area contributed by atoms with Crippen LogP contribution in [-0.4, -0.2) is 58.5 Å². The number of rotatable bonds is 5. The predicted molar refractivity (Wildman–Crippen MR) is 98.6 cm³/mol. The number of carbonyl (C=O) groups excluding carboxylic acids is 2. The summed E-state index contributed by atoms with van der Waals surface area (Å²) in [5.41, 5.74) is 2.34. The maximum atomic E-state index is 12.1. The average molecular weight is 345 g/mol. The van der Waals surface area contributed by atoms with E-state index in [2.05, 4.69) is 14.9 Å². The van der Waals surface area contributed by atoms with E-state index in [0.717, 1.165) is 23.4 Å². The topological polar surface area (TPSA) is 70.5 Å². The van der Waals surface area contributed by atoms with E-state index in [1.165, 1.54) is 0 Å². The zero-order valence-corrected chi connectivity index (χ0v) is 15.8. The van der Waals surface area contributed by atoms with Gasteiger partial charge in [-0.05, 0) is 39.0 Å². The smallest absolute Gasteiger partial charge is 0.317 e. The third kappa shape index (κ3) is 4.10. The Labute approximate surface area is 148 Å². The highest BCUT2D eigenvalue weighted by Gasteiger charge is 2.17. The first-order valence-corrected chi connectivity index (χ1v) is 8.47. The van der Waals surface area contributed by atoms with Gasteiger partial charge in [-0.15, -0.1) is 0 Å². The van der Waals surface area contributed by atoms with Crippen molar-refractivity contribution in [2.75, 3.05) is 21.1 Å². The molecule has 0 aliphatic heterocycles. The Balaban J connectivity index is 2.34. The molecule has 2 aromatic rings. The van der Waals surface area contributed by atoms with Gasteiger partial charge in [-0.2, -0.15) is 0 Å². The van der Waals surface area contributed by atoms with Crippen molar-refractivity contribution in [1.29, 1.82) is 0 Å². The fourth-order valence-electron chi connectivity index (χ4n) is 2.69. The molecule has 7 nitrogen and oxygen atoms in total. The van der Waals surface area contributed by atoms with Crippen LogP contribution in [0.1, 0.15) is 37.0 Å². The monoisotopic (exact) mass is 345 g/mol. The standard InChI is InChI=1S/C18H27N5O2/c1-7-23-15-9-8-13(17(24)21(4)5)10-14(15)20-16(23)11-22(6)18(25)19-12(2)3/h8-10,12H,7,11H2,1-6H3,(H,19,25). The number of imidazole rings is 1. The molecular formula is C18H27N5O2. The Morgan fingerprint density at radius 2 is 1.92 bits per heavy atom. The van der Waals surface area contributed by atoms with Gasteiger partial charge < -0.3 is 19.7 Å². The van der Waals surface area contributed by atoms with Gasteiger partial charge in [0.15, 0.2) is 0 Å². The van der Waals surface area contributed by atoms with Crippen LogP contribution >= 0.6 is 0 Å². The molecule has 0 fully saturated rings. The van der Waals surface area contributed by atoms with E-state index in [1.807, 2.05) is 39.0 Å². The molecule has 25 heavy (non-hydrogen) atoms. The summed E-state index contributed by atoms with van der Waals surface area (Å²) in [4.78, 5) is 32.1. The minimum absolute atomic E-state index is 0.0528. The van der Waals surface area contributed by atoms with Crippen LogP contribution in [0.3, 0.4) is 0 Å². The SMILES string of the molecule is CCn1c(CN(C)C(=O)NC(C)C)nc2cc(C(=O)N(C)C)ccc21. The Kier molecular flexibility index (Phi) is 5.66. The lowest BCUT2D eigenvalue weighted by Crippen LogP contribution is -2.40. The molecule has 0 aliphatic carbocycles. The second-order valence-electron chi connectivity index (χ2n) is 6.64. The lowest BCUT2D eigenvalue weighted by atomic mass is 10.2. The van der Waals surface area contributed by atoms with Crippen LogP contribution in [0.4, 0.5) is 4.79 Å². The summed E-state index contributed by atoms with van der Waals surface area (Å²) in [7, 11) is 5.20. The quantitative estimate of drug-likeness (QED) is 0.904. The molecule has 7 heteroatoms. The number of urea groups is 1. The van der Waals surface area contributed by atoms with E-state index in [0.29, 0.717) is 12.1 Å². The fourth-order valence-corrected chi connectivity index (χ4v) is 2.69. The number of nitrogens with zero attached hydrogens (tertiary/aromatic N) is 4. The maximum Gasteiger partial charge on any atom is 0.317 e. The summed E-state index contributed by atoms with van der Waals surface area (Å²) in [6.45, 7) is 7.04. The first-order chi connectivity index (χ1) is 11.7. The van der Waals surface area contributed by atoms with Crippen LogP contribution in [-0.2, 0) is 13.1 Å². The van der Waals surface area contributed by atoms with Crippen LogP contribution in [0.5, 0.6) is 0 Å². The van der Waals surface area contributed by atoms with Crippen LogP contribution < -0.4 is 5.32 Å². The van der Waals surface area contributed by atoms with Crippen molar-refractivity contribution in [2.45, 2.75) is 39.9 Å². The van der Waals surface area contributed by atoms with Crippen molar-refractivity contribution in [3.63, 3.8) is 0 Å². The number of carbonyl (C=O) groups is 2.